The lowest BCUT2D eigenvalue weighted by atomic mass is 10.1. The van der Waals surface area contributed by atoms with Gasteiger partial charge in [0.15, 0.2) is 5.96 Å². The van der Waals surface area contributed by atoms with Crippen LogP contribution in [-0.4, -0.2) is 27.9 Å². The van der Waals surface area contributed by atoms with Crippen molar-refractivity contribution >= 4 is 35.2 Å². The van der Waals surface area contributed by atoms with Crippen molar-refractivity contribution < 1.29 is 9.59 Å². The number of aliphatic imine (C=N–C) groups is 1. The topological polar surface area (TPSA) is 160 Å². The minimum atomic E-state index is -0.608. The third kappa shape index (κ3) is 6.26. The summed E-state index contributed by atoms with van der Waals surface area (Å²) in [5.41, 5.74) is 14.2. The summed E-state index contributed by atoms with van der Waals surface area (Å²) in [6.07, 6.45) is 3.38. The molecule has 1 aromatic heterocycles. The Balaban J connectivity index is 1.70. The fraction of sp³-hybridized carbons (Fsp3) is 0.0952. The number of nitrogens with one attached hydrogen (secondary N) is 3. The lowest BCUT2D eigenvalue weighted by Gasteiger charge is -2.11. The molecule has 3 rings (SSSR count). The number of guanidine groups is 1. The third-order valence-electron chi connectivity index (χ3n) is 4.07. The second-order valence-corrected chi connectivity index (χ2v) is 6.54. The van der Waals surface area contributed by atoms with E-state index < -0.39 is 6.03 Å². The molecule has 7 N–H and O–H groups in total. The standard InChI is InChI=1S/C21H22N8O2/c1-13(30)27-17-7-2-3-8-18(17)28-20-24-11-16(12-25-20)15-6-4-5-14(9-15)10-26-21(31)29-19(22)23/h2-9,11-12H,10H2,1H3,(H,27,30)(H,24,25,28)(H5,22,23,26,29,31). The van der Waals surface area contributed by atoms with Crippen molar-refractivity contribution in [3.63, 3.8) is 0 Å². The molecule has 0 bridgehead atoms. The molecule has 0 aliphatic heterocycles. The van der Waals surface area contributed by atoms with Crippen LogP contribution in [0.4, 0.5) is 22.1 Å². The molecule has 10 nitrogen and oxygen atoms in total. The van der Waals surface area contributed by atoms with Gasteiger partial charge in [0.1, 0.15) is 0 Å². The van der Waals surface area contributed by atoms with Crippen LogP contribution in [0, 0.1) is 0 Å². The summed E-state index contributed by atoms with van der Waals surface area (Å²) in [6.45, 7) is 1.71. The largest absolute Gasteiger partial charge is 0.370 e. The van der Waals surface area contributed by atoms with E-state index in [4.69, 9.17) is 11.5 Å². The molecular formula is C21H22N8O2. The Hall–Kier alpha value is -4.47. The van der Waals surface area contributed by atoms with E-state index in [-0.39, 0.29) is 18.4 Å². The van der Waals surface area contributed by atoms with Crippen molar-refractivity contribution in [2.75, 3.05) is 10.6 Å². The van der Waals surface area contributed by atoms with Gasteiger partial charge in [-0.1, -0.05) is 30.3 Å². The Morgan fingerprint density at radius 3 is 2.35 bits per heavy atom. The molecule has 0 atom stereocenters. The van der Waals surface area contributed by atoms with Crippen LogP contribution >= 0.6 is 0 Å². The van der Waals surface area contributed by atoms with E-state index in [2.05, 4.69) is 30.9 Å². The molecule has 3 amide bonds. The van der Waals surface area contributed by atoms with E-state index in [1.165, 1.54) is 6.92 Å². The van der Waals surface area contributed by atoms with Crippen molar-refractivity contribution in [1.82, 2.24) is 15.3 Å². The van der Waals surface area contributed by atoms with Gasteiger partial charge in [0.2, 0.25) is 11.9 Å². The minimum absolute atomic E-state index is 0.167. The van der Waals surface area contributed by atoms with E-state index in [1.807, 2.05) is 42.5 Å². The number of para-hydroxylation sites is 2. The first kappa shape index (κ1) is 21.2. The fourth-order valence-electron chi connectivity index (χ4n) is 2.75. The van der Waals surface area contributed by atoms with Crippen molar-refractivity contribution in [2.45, 2.75) is 13.5 Å². The number of nitrogens with zero attached hydrogens (tertiary/aromatic N) is 3. The molecule has 31 heavy (non-hydrogen) atoms. The summed E-state index contributed by atoms with van der Waals surface area (Å²) in [7, 11) is 0. The highest BCUT2D eigenvalue weighted by Crippen LogP contribution is 2.25. The minimum Gasteiger partial charge on any atom is -0.370 e. The van der Waals surface area contributed by atoms with Crippen LogP contribution in [0.1, 0.15) is 12.5 Å². The number of carbonyl (C=O) groups is 2. The van der Waals surface area contributed by atoms with Gasteiger partial charge in [0.25, 0.3) is 0 Å². The smallest absolute Gasteiger partial charge is 0.344 e. The van der Waals surface area contributed by atoms with Gasteiger partial charge in [0.05, 0.1) is 11.4 Å². The van der Waals surface area contributed by atoms with Crippen LogP contribution in [-0.2, 0) is 11.3 Å². The van der Waals surface area contributed by atoms with Gasteiger partial charge in [0, 0.05) is 31.4 Å². The summed E-state index contributed by atoms with van der Waals surface area (Å²) in [5, 5.41) is 8.46. The number of hydrogen-bond acceptors (Lipinski definition) is 5. The number of aromatic nitrogens is 2. The summed E-state index contributed by atoms with van der Waals surface area (Å²) < 4.78 is 0. The number of hydrogen-bond donors (Lipinski definition) is 5. The Morgan fingerprint density at radius 1 is 0.968 bits per heavy atom. The first-order valence-corrected chi connectivity index (χ1v) is 9.33. The molecule has 3 aromatic rings. The van der Waals surface area contributed by atoms with E-state index >= 15 is 0 Å². The molecule has 0 saturated heterocycles. The van der Waals surface area contributed by atoms with E-state index in [1.54, 1.807) is 18.5 Å². The molecule has 2 aromatic carbocycles. The summed E-state index contributed by atoms with van der Waals surface area (Å²) in [5.74, 6) is -0.0705. The second-order valence-electron chi connectivity index (χ2n) is 6.54. The molecule has 0 radical (unpaired) electrons. The fourth-order valence-corrected chi connectivity index (χ4v) is 2.75. The van der Waals surface area contributed by atoms with Crippen LogP contribution < -0.4 is 27.4 Å². The third-order valence-corrected chi connectivity index (χ3v) is 4.07. The number of anilines is 3. The highest BCUT2D eigenvalue weighted by molar-refractivity contribution is 5.93. The summed E-state index contributed by atoms with van der Waals surface area (Å²) in [6, 6.07) is 14.2. The van der Waals surface area contributed by atoms with Crippen molar-refractivity contribution in [2.24, 2.45) is 16.5 Å². The van der Waals surface area contributed by atoms with Gasteiger partial charge in [-0.3, -0.25) is 4.79 Å². The van der Waals surface area contributed by atoms with Gasteiger partial charge >= 0.3 is 6.03 Å². The van der Waals surface area contributed by atoms with Gasteiger partial charge < -0.3 is 27.4 Å². The molecule has 158 valence electrons. The molecule has 0 unspecified atom stereocenters. The van der Waals surface area contributed by atoms with Crippen molar-refractivity contribution in [3.8, 4) is 11.1 Å². The molecule has 0 aliphatic carbocycles. The normalized spacial score (nSPS) is 10.1. The quantitative estimate of drug-likeness (QED) is 0.303. The Kier molecular flexibility index (Phi) is 6.74. The maximum absolute atomic E-state index is 11.5. The number of benzene rings is 2. The van der Waals surface area contributed by atoms with Crippen molar-refractivity contribution in [1.29, 1.82) is 0 Å². The van der Waals surface area contributed by atoms with Crippen LogP contribution in [0.5, 0.6) is 0 Å². The molecule has 0 saturated carbocycles. The zero-order chi connectivity index (χ0) is 22.2. The van der Waals surface area contributed by atoms with Gasteiger partial charge in [-0.05, 0) is 29.3 Å². The predicted octanol–water partition coefficient (Wildman–Crippen LogP) is 2.33. The lowest BCUT2D eigenvalue weighted by Crippen LogP contribution is -2.28. The molecule has 0 fully saturated rings. The zero-order valence-electron chi connectivity index (χ0n) is 16.8. The molecular weight excluding hydrogens is 396 g/mol. The number of nitrogens with two attached hydrogens (primary N) is 2. The van der Waals surface area contributed by atoms with Crippen LogP contribution in [0.2, 0.25) is 0 Å². The van der Waals surface area contributed by atoms with Crippen LogP contribution in [0.3, 0.4) is 0 Å². The second kappa shape index (κ2) is 9.83. The average Bonchev–Trinajstić information content (AvgIpc) is 2.74. The molecule has 1 heterocycles. The van der Waals surface area contributed by atoms with Gasteiger partial charge in [-0.2, -0.15) is 4.99 Å². The first-order valence-electron chi connectivity index (χ1n) is 9.33. The van der Waals surface area contributed by atoms with Gasteiger partial charge in [-0.25, -0.2) is 14.8 Å². The molecule has 0 spiro atoms. The van der Waals surface area contributed by atoms with Crippen LogP contribution in [0.25, 0.3) is 11.1 Å². The summed E-state index contributed by atoms with van der Waals surface area (Å²) >= 11 is 0. The molecule has 0 aliphatic rings. The van der Waals surface area contributed by atoms with E-state index in [0.29, 0.717) is 17.3 Å². The first-order chi connectivity index (χ1) is 14.9. The number of urea groups is 1. The van der Waals surface area contributed by atoms with E-state index in [0.717, 1.165) is 16.7 Å². The number of rotatable bonds is 6. The zero-order valence-corrected chi connectivity index (χ0v) is 16.8. The highest BCUT2D eigenvalue weighted by atomic mass is 16.2. The summed E-state index contributed by atoms with van der Waals surface area (Å²) in [4.78, 5) is 35.0. The highest BCUT2D eigenvalue weighted by Gasteiger charge is 2.07. The average molecular weight is 418 g/mol. The monoisotopic (exact) mass is 418 g/mol. The van der Waals surface area contributed by atoms with Gasteiger partial charge in [-0.15, -0.1) is 0 Å². The predicted molar refractivity (Wildman–Crippen MR) is 120 cm³/mol. The Labute approximate surface area is 178 Å². The maximum Gasteiger partial charge on any atom is 0.344 e. The SMILES string of the molecule is CC(=O)Nc1ccccc1Nc1ncc(-c2cccc(CNC(=O)N=C(N)N)c2)cn1. The Morgan fingerprint density at radius 2 is 1.68 bits per heavy atom. The Bertz CT molecular complexity index is 1110. The number of amides is 3. The number of carbonyl (C=O) groups excluding carboxylic acids is 2. The molecule has 10 heteroatoms. The maximum atomic E-state index is 11.5. The van der Waals surface area contributed by atoms with Crippen LogP contribution in [0.15, 0.2) is 65.9 Å². The van der Waals surface area contributed by atoms with Crippen molar-refractivity contribution in [3.05, 3.63) is 66.5 Å². The lowest BCUT2D eigenvalue weighted by molar-refractivity contribution is -0.114. The van der Waals surface area contributed by atoms with E-state index in [9.17, 15) is 9.59 Å².